The molecule has 0 aromatic carbocycles. The summed E-state index contributed by atoms with van der Waals surface area (Å²) in [5, 5.41) is 3.54. The van der Waals surface area contributed by atoms with E-state index in [2.05, 4.69) is 49.1 Å². The van der Waals surface area contributed by atoms with Gasteiger partial charge in [-0.3, -0.25) is 0 Å². The van der Waals surface area contributed by atoms with E-state index in [-0.39, 0.29) is 11.1 Å². The Morgan fingerprint density at radius 2 is 2.05 bits per heavy atom. The summed E-state index contributed by atoms with van der Waals surface area (Å²) < 4.78 is 8.70. The summed E-state index contributed by atoms with van der Waals surface area (Å²) in [5.74, 6) is 0. The van der Waals surface area contributed by atoms with E-state index in [9.17, 15) is 0 Å². The summed E-state index contributed by atoms with van der Waals surface area (Å²) in [7, 11) is 0. The van der Waals surface area contributed by atoms with Crippen molar-refractivity contribution in [2.24, 2.45) is 0 Å². The van der Waals surface area contributed by atoms with Gasteiger partial charge in [0.15, 0.2) is 0 Å². The predicted molar refractivity (Wildman–Crippen MR) is 86.3 cm³/mol. The SMILES string of the molecule is CC(C)(C)NCc1ccn(CC2CCC3(CCCC3)O2)c1. The van der Waals surface area contributed by atoms with Gasteiger partial charge in [-0.05, 0) is 58.1 Å². The first-order valence-electron chi connectivity index (χ1n) is 8.52. The van der Waals surface area contributed by atoms with Crippen LogP contribution in [0.2, 0.25) is 0 Å². The number of hydrogen-bond acceptors (Lipinski definition) is 2. The van der Waals surface area contributed by atoms with Crippen LogP contribution in [0.15, 0.2) is 18.5 Å². The van der Waals surface area contributed by atoms with E-state index < -0.39 is 0 Å². The first-order chi connectivity index (χ1) is 9.94. The summed E-state index contributed by atoms with van der Waals surface area (Å²) in [6.07, 6.45) is 12.7. The monoisotopic (exact) mass is 290 g/mol. The van der Waals surface area contributed by atoms with Crippen LogP contribution in [0.4, 0.5) is 0 Å². The molecule has 21 heavy (non-hydrogen) atoms. The van der Waals surface area contributed by atoms with E-state index in [0.29, 0.717) is 6.10 Å². The number of ether oxygens (including phenoxy) is 1. The Morgan fingerprint density at radius 1 is 1.29 bits per heavy atom. The third kappa shape index (κ3) is 3.89. The zero-order valence-corrected chi connectivity index (χ0v) is 13.8. The first kappa shape index (κ1) is 15.1. The van der Waals surface area contributed by atoms with Crippen LogP contribution in [0.25, 0.3) is 0 Å². The van der Waals surface area contributed by atoms with Crippen molar-refractivity contribution in [3.8, 4) is 0 Å². The number of hydrogen-bond donors (Lipinski definition) is 1. The fraction of sp³-hybridized carbons (Fsp3) is 0.778. The Balaban J connectivity index is 1.51. The molecule has 2 fully saturated rings. The van der Waals surface area contributed by atoms with Gasteiger partial charge in [-0.15, -0.1) is 0 Å². The van der Waals surface area contributed by atoms with Crippen LogP contribution >= 0.6 is 0 Å². The van der Waals surface area contributed by atoms with Crippen molar-refractivity contribution < 1.29 is 4.74 Å². The average Bonchev–Trinajstić information content (AvgIpc) is 3.11. The minimum atomic E-state index is 0.172. The van der Waals surface area contributed by atoms with Gasteiger partial charge >= 0.3 is 0 Å². The average molecular weight is 290 g/mol. The molecule has 1 aliphatic carbocycles. The molecule has 1 aromatic heterocycles. The maximum atomic E-state index is 6.40. The Hall–Kier alpha value is -0.800. The lowest BCUT2D eigenvalue weighted by atomic mass is 9.98. The molecule has 3 rings (SSSR count). The highest BCUT2D eigenvalue weighted by molar-refractivity contribution is 5.10. The van der Waals surface area contributed by atoms with Crippen molar-refractivity contribution in [1.29, 1.82) is 0 Å². The third-order valence-corrected chi connectivity index (χ3v) is 4.90. The van der Waals surface area contributed by atoms with Crippen molar-refractivity contribution in [3.63, 3.8) is 0 Å². The molecule has 1 saturated heterocycles. The molecule has 1 aliphatic heterocycles. The summed E-state index contributed by atoms with van der Waals surface area (Å²) in [4.78, 5) is 0. The highest BCUT2D eigenvalue weighted by Crippen LogP contribution is 2.43. The normalized spacial score (nSPS) is 25.0. The van der Waals surface area contributed by atoms with Gasteiger partial charge in [-0.25, -0.2) is 0 Å². The van der Waals surface area contributed by atoms with Crippen molar-refractivity contribution in [1.82, 2.24) is 9.88 Å². The zero-order valence-electron chi connectivity index (χ0n) is 13.8. The van der Waals surface area contributed by atoms with E-state index in [4.69, 9.17) is 4.74 Å². The van der Waals surface area contributed by atoms with Crippen LogP contribution in [0.5, 0.6) is 0 Å². The van der Waals surface area contributed by atoms with E-state index in [1.54, 1.807) is 0 Å². The quantitative estimate of drug-likeness (QED) is 0.911. The maximum Gasteiger partial charge on any atom is 0.0762 e. The largest absolute Gasteiger partial charge is 0.370 e. The number of aromatic nitrogens is 1. The lowest BCUT2D eigenvalue weighted by molar-refractivity contribution is -0.0417. The molecule has 1 saturated carbocycles. The number of rotatable bonds is 4. The van der Waals surface area contributed by atoms with Gasteiger partial charge in [0.2, 0.25) is 0 Å². The fourth-order valence-electron chi connectivity index (χ4n) is 3.72. The third-order valence-electron chi connectivity index (χ3n) is 4.90. The molecule has 1 atom stereocenters. The Morgan fingerprint density at radius 3 is 2.76 bits per heavy atom. The van der Waals surface area contributed by atoms with Gasteiger partial charge in [0.05, 0.1) is 11.7 Å². The number of nitrogens with one attached hydrogen (secondary N) is 1. The molecule has 1 aromatic rings. The highest BCUT2D eigenvalue weighted by Gasteiger charge is 2.41. The fourth-order valence-corrected chi connectivity index (χ4v) is 3.72. The van der Waals surface area contributed by atoms with Crippen LogP contribution in [0.1, 0.15) is 64.9 Å². The summed E-state index contributed by atoms with van der Waals surface area (Å²) in [6.45, 7) is 8.56. The van der Waals surface area contributed by atoms with E-state index in [1.165, 1.54) is 44.1 Å². The molecule has 3 heteroatoms. The topological polar surface area (TPSA) is 26.2 Å². The molecular weight excluding hydrogens is 260 g/mol. The van der Waals surface area contributed by atoms with Gasteiger partial charge in [0.1, 0.15) is 0 Å². The van der Waals surface area contributed by atoms with E-state index in [0.717, 1.165) is 13.1 Å². The molecule has 118 valence electrons. The minimum Gasteiger partial charge on any atom is -0.370 e. The molecule has 2 heterocycles. The second kappa shape index (κ2) is 5.77. The molecule has 2 aliphatic rings. The Labute approximate surface area is 129 Å². The minimum absolute atomic E-state index is 0.172. The smallest absolute Gasteiger partial charge is 0.0762 e. The van der Waals surface area contributed by atoms with Crippen molar-refractivity contribution in [2.45, 2.75) is 89.6 Å². The summed E-state index contributed by atoms with van der Waals surface area (Å²) >= 11 is 0. The van der Waals surface area contributed by atoms with Crippen LogP contribution in [0.3, 0.4) is 0 Å². The van der Waals surface area contributed by atoms with Gasteiger partial charge in [-0.2, -0.15) is 0 Å². The standard InChI is InChI=1S/C18H30N2O/c1-17(2,3)19-12-15-7-11-20(13-15)14-16-6-10-18(21-16)8-4-5-9-18/h7,11,13,16,19H,4-6,8-10,12,14H2,1-3H3. The van der Waals surface area contributed by atoms with E-state index >= 15 is 0 Å². The molecule has 3 nitrogen and oxygen atoms in total. The van der Waals surface area contributed by atoms with Gasteiger partial charge in [0, 0.05) is 31.0 Å². The molecule has 1 N–H and O–H groups in total. The van der Waals surface area contributed by atoms with Gasteiger partial charge in [-0.1, -0.05) is 12.8 Å². The second-order valence-electron chi connectivity index (χ2n) is 7.99. The van der Waals surface area contributed by atoms with Crippen LogP contribution in [-0.2, 0) is 17.8 Å². The lowest BCUT2D eigenvalue weighted by Crippen LogP contribution is -2.34. The predicted octanol–water partition coefficient (Wildman–Crippen LogP) is 3.87. The van der Waals surface area contributed by atoms with Crippen LogP contribution in [-0.4, -0.2) is 21.8 Å². The second-order valence-corrected chi connectivity index (χ2v) is 7.99. The van der Waals surface area contributed by atoms with Crippen LogP contribution in [0, 0.1) is 0 Å². The zero-order chi connectivity index (χ0) is 14.9. The molecular formula is C18H30N2O. The molecule has 0 bridgehead atoms. The molecule has 0 amide bonds. The Bertz CT molecular complexity index is 466. The summed E-state index contributed by atoms with van der Waals surface area (Å²) in [6, 6.07) is 2.22. The summed E-state index contributed by atoms with van der Waals surface area (Å²) in [5.41, 5.74) is 1.79. The highest BCUT2D eigenvalue weighted by atomic mass is 16.5. The molecule has 1 spiro atoms. The van der Waals surface area contributed by atoms with Gasteiger partial charge in [0.25, 0.3) is 0 Å². The molecule has 1 unspecified atom stereocenters. The Kier molecular flexibility index (Phi) is 4.15. The van der Waals surface area contributed by atoms with Crippen molar-refractivity contribution >= 4 is 0 Å². The van der Waals surface area contributed by atoms with E-state index in [1.807, 2.05) is 0 Å². The first-order valence-corrected chi connectivity index (χ1v) is 8.52. The lowest BCUT2D eigenvalue weighted by Gasteiger charge is -2.24. The number of nitrogens with zero attached hydrogens (tertiary/aromatic N) is 1. The molecule has 0 radical (unpaired) electrons. The van der Waals surface area contributed by atoms with Crippen molar-refractivity contribution in [3.05, 3.63) is 24.0 Å². The van der Waals surface area contributed by atoms with Crippen molar-refractivity contribution in [2.75, 3.05) is 0 Å². The maximum absolute atomic E-state index is 6.40. The van der Waals surface area contributed by atoms with Crippen LogP contribution < -0.4 is 5.32 Å². The van der Waals surface area contributed by atoms with Gasteiger partial charge < -0.3 is 14.6 Å².